The number of benzene rings is 1. The Morgan fingerprint density at radius 1 is 1.45 bits per heavy atom. The second-order valence-corrected chi connectivity index (χ2v) is 4.84. The number of rotatable bonds is 3. The molecule has 1 aliphatic heterocycles. The average Bonchev–Trinajstić information content (AvgIpc) is 2.69. The van der Waals surface area contributed by atoms with Gasteiger partial charge in [-0.3, -0.25) is 14.9 Å². The van der Waals surface area contributed by atoms with Gasteiger partial charge < -0.3 is 10.0 Å². The summed E-state index contributed by atoms with van der Waals surface area (Å²) < 4.78 is 26.8. The highest BCUT2D eigenvalue weighted by Gasteiger charge is 2.38. The van der Waals surface area contributed by atoms with Crippen molar-refractivity contribution in [2.24, 2.45) is 11.8 Å². The van der Waals surface area contributed by atoms with Crippen molar-refractivity contribution in [3.05, 3.63) is 33.9 Å². The zero-order valence-electron chi connectivity index (χ0n) is 10.5. The highest BCUT2D eigenvalue weighted by atomic mass is 19.1. The zero-order chi connectivity index (χ0) is 15.0. The molecule has 0 spiro atoms. The lowest BCUT2D eigenvalue weighted by Crippen LogP contribution is -2.24. The largest absolute Gasteiger partial charge is 0.481 e. The van der Waals surface area contributed by atoms with Crippen molar-refractivity contribution in [1.82, 2.24) is 0 Å². The number of hydrogen-bond acceptors (Lipinski definition) is 4. The van der Waals surface area contributed by atoms with Gasteiger partial charge in [0, 0.05) is 25.2 Å². The maximum absolute atomic E-state index is 13.5. The number of carbonyl (C=O) groups is 1. The molecule has 2 atom stereocenters. The Morgan fingerprint density at radius 3 is 2.60 bits per heavy atom. The number of halogens is 2. The van der Waals surface area contributed by atoms with Crippen molar-refractivity contribution in [3.8, 4) is 0 Å². The van der Waals surface area contributed by atoms with Gasteiger partial charge in [-0.25, -0.2) is 4.39 Å². The molecule has 0 bridgehead atoms. The summed E-state index contributed by atoms with van der Waals surface area (Å²) in [6.07, 6.45) is 0. The van der Waals surface area contributed by atoms with Gasteiger partial charge in [-0.2, -0.15) is 4.39 Å². The predicted molar refractivity (Wildman–Crippen MR) is 65.5 cm³/mol. The third kappa shape index (κ3) is 2.40. The molecule has 108 valence electrons. The minimum absolute atomic E-state index is 0.0137. The van der Waals surface area contributed by atoms with Crippen molar-refractivity contribution < 1.29 is 23.6 Å². The number of hydrogen-bond donors (Lipinski definition) is 1. The summed E-state index contributed by atoms with van der Waals surface area (Å²) in [5.74, 6) is -4.22. The Kier molecular flexibility index (Phi) is 3.56. The highest BCUT2D eigenvalue weighted by Crippen LogP contribution is 2.36. The van der Waals surface area contributed by atoms with Crippen LogP contribution in [-0.4, -0.2) is 29.1 Å². The van der Waals surface area contributed by atoms with Gasteiger partial charge in [0.2, 0.25) is 5.82 Å². The van der Waals surface area contributed by atoms with Crippen LogP contribution in [0.5, 0.6) is 0 Å². The molecule has 1 aliphatic rings. The van der Waals surface area contributed by atoms with Crippen LogP contribution in [0.25, 0.3) is 0 Å². The molecule has 1 aromatic rings. The molecule has 6 nitrogen and oxygen atoms in total. The van der Waals surface area contributed by atoms with Gasteiger partial charge in [0.25, 0.3) is 0 Å². The number of aliphatic carboxylic acids is 1. The van der Waals surface area contributed by atoms with Crippen LogP contribution in [0.1, 0.15) is 6.92 Å². The van der Waals surface area contributed by atoms with Crippen LogP contribution in [0.4, 0.5) is 20.2 Å². The summed E-state index contributed by atoms with van der Waals surface area (Å²) in [6.45, 7) is 1.86. The van der Waals surface area contributed by atoms with Gasteiger partial charge >= 0.3 is 11.7 Å². The van der Waals surface area contributed by atoms with E-state index in [-0.39, 0.29) is 24.7 Å². The summed E-state index contributed by atoms with van der Waals surface area (Å²) in [4.78, 5) is 22.4. The van der Waals surface area contributed by atoms with Crippen LogP contribution >= 0.6 is 0 Å². The van der Waals surface area contributed by atoms with E-state index in [0.29, 0.717) is 6.07 Å². The summed E-state index contributed by atoms with van der Waals surface area (Å²) in [5.41, 5.74) is -1.05. The lowest BCUT2D eigenvalue weighted by Gasteiger charge is -2.18. The van der Waals surface area contributed by atoms with Crippen molar-refractivity contribution in [2.75, 3.05) is 18.0 Å². The minimum atomic E-state index is -1.27. The van der Waals surface area contributed by atoms with E-state index in [9.17, 15) is 23.7 Å². The molecule has 0 unspecified atom stereocenters. The van der Waals surface area contributed by atoms with E-state index >= 15 is 0 Å². The Hall–Kier alpha value is -2.25. The van der Waals surface area contributed by atoms with Crippen LogP contribution < -0.4 is 4.90 Å². The Morgan fingerprint density at radius 2 is 2.10 bits per heavy atom. The number of carboxylic acids is 1. The molecular formula is C12H12F2N2O4. The molecule has 20 heavy (non-hydrogen) atoms. The number of anilines is 1. The highest BCUT2D eigenvalue weighted by molar-refractivity contribution is 5.74. The molecule has 0 radical (unpaired) electrons. The molecule has 1 fully saturated rings. The number of nitro benzene ring substituents is 1. The first-order valence-electron chi connectivity index (χ1n) is 5.92. The molecule has 0 aliphatic carbocycles. The summed E-state index contributed by atoms with van der Waals surface area (Å²) in [7, 11) is 0. The first-order valence-corrected chi connectivity index (χ1v) is 5.92. The summed E-state index contributed by atoms with van der Waals surface area (Å²) >= 11 is 0. The SMILES string of the molecule is C[C@@H]1CN(c2cc(F)cc(F)c2[N+](=O)[O-])C[C@H]1C(=O)O. The fraction of sp³-hybridized carbons (Fsp3) is 0.417. The van der Waals surface area contributed by atoms with Gasteiger partial charge in [-0.1, -0.05) is 6.92 Å². The molecule has 2 rings (SSSR count). The Bertz CT molecular complexity index is 579. The average molecular weight is 286 g/mol. The van der Waals surface area contributed by atoms with E-state index in [1.54, 1.807) is 6.92 Å². The molecule has 1 aromatic carbocycles. The number of nitrogens with zero attached hydrogens (tertiary/aromatic N) is 2. The Labute approximate surface area is 112 Å². The van der Waals surface area contributed by atoms with Gasteiger partial charge in [-0.15, -0.1) is 0 Å². The molecular weight excluding hydrogens is 274 g/mol. The van der Waals surface area contributed by atoms with Gasteiger partial charge in [-0.05, 0) is 5.92 Å². The molecule has 1 N–H and O–H groups in total. The lowest BCUT2D eigenvalue weighted by atomic mass is 9.99. The maximum atomic E-state index is 13.5. The minimum Gasteiger partial charge on any atom is -0.481 e. The quantitative estimate of drug-likeness (QED) is 0.679. The fourth-order valence-corrected chi connectivity index (χ4v) is 2.46. The van der Waals surface area contributed by atoms with E-state index in [1.165, 1.54) is 4.90 Å². The first kappa shape index (κ1) is 14.2. The molecule has 1 heterocycles. The number of nitro groups is 1. The zero-order valence-corrected chi connectivity index (χ0v) is 10.5. The summed E-state index contributed by atoms with van der Waals surface area (Å²) in [5, 5.41) is 19.9. The van der Waals surface area contributed by atoms with Gasteiger partial charge in [0.1, 0.15) is 11.5 Å². The normalized spacial score (nSPS) is 22.1. The Balaban J connectivity index is 2.43. The van der Waals surface area contributed by atoms with Crippen molar-refractivity contribution in [1.29, 1.82) is 0 Å². The van der Waals surface area contributed by atoms with E-state index < -0.39 is 34.1 Å². The van der Waals surface area contributed by atoms with Gasteiger partial charge in [0.05, 0.1) is 10.8 Å². The summed E-state index contributed by atoms with van der Waals surface area (Å²) in [6, 6.07) is 1.30. The van der Waals surface area contributed by atoms with Gasteiger partial charge in [0.15, 0.2) is 0 Å². The monoisotopic (exact) mass is 286 g/mol. The topological polar surface area (TPSA) is 83.7 Å². The van der Waals surface area contributed by atoms with E-state index in [4.69, 9.17) is 5.11 Å². The van der Waals surface area contributed by atoms with Crippen LogP contribution in [-0.2, 0) is 4.79 Å². The molecule has 1 saturated heterocycles. The lowest BCUT2D eigenvalue weighted by molar-refractivity contribution is -0.386. The second kappa shape index (κ2) is 5.03. The maximum Gasteiger partial charge on any atom is 0.328 e. The number of carboxylic acid groups (broad SMARTS) is 1. The second-order valence-electron chi connectivity index (χ2n) is 4.84. The van der Waals surface area contributed by atoms with E-state index in [1.807, 2.05) is 0 Å². The van der Waals surface area contributed by atoms with E-state index in [2.05, 4.69) is 0 Å². The smallest absolute Gasteiger partial charge is 0.328 e. The van der Waals surface area contributed by atoms with E-state index in [0.717, 1.165) is 6.07 Å². The van der Waals surface area contributed by atoms with Crippen LogP contribution in [0, 0.1) is 33.6 Å². The third-order valence-electron chi connectivity index (χ3n) is 3.46. The third-order valence-corrected chi connectivity index (χ3v) is 3.46. The standard InChI is InChI=1S/C12H12F2N2O4/c1-6-4-15(5-8(6)12(17)18)10-3-7(13)2-9(14)11(10)16(19)20/h2-3,6,8H,4-5H2,1H3,(H,17,18)/t6-,8-/m1/s1. The van der Waals surface area contributed by atoms with Crippen molar-refractivity contribution in [3.63, 3.8) is 0 Å². The molecule has 0 amide bonds. The van der Waals surface area contributed by atoms with Crippen LogP contribution in [0.2, 0.25) is 0 Å². The first-order chi connectivity index (χ1) is 9.31. The molecule has 0 saturated carbocycles. The predicted octanol–water partition coefficient (Wildman–Crippen LogP) is 2.03. The van der Waals surface area contributed by atoms with Crippen LogP contribution in [0.3, 0.4) is 0 Å². The molecule has 0 aromatic heterocycles. The molecule has 8 heteroatoms. The van der Waals surface area contributed by atoms with Crippen molar-refractivity contribution >= 4 is 17.3 Å². The van der Waals surface area contributed by atoms with Crippen molar-refractivity contribution in [2.45, 2.75) is 6.92 Å². The van der Waals surface area contributed by atoms with Crippen LogP contribution in [0.15, 0.2) is 12.1 Å². The fourth-order valence-electron chi connectivity index (χ4n) is 2.46.